The van der Waals surface area contributed by atoms with Crippen molar-refractivity contribution in [1.29, 1.82) is 0 Å². The van der Waals surface area contributed by atoms with Gasteiger partial charge in [-0.2, -0.15) is 0 Å². The van der Waals surface area contributed by atoms with E-state index in [1.54, 1.807) is 19.2 Å². The molecule has 1 aliphatic carbocycles. The molecule has 7 nitrogen and oxygen atoms in total. The van der Waals surface area contributed by atoms with Crippen molar-refractivity contribution in [3.63, 3.8) is 0 Å². The van der Waals surface area contributed by atoms with Crippen molar-refractivity contribution in [2.24, 2.45) is 5.92 Å². The number of nitrogens with zero attached hydrogens (tertiary/aromatic N) is 3. The third kappa shape index (κ3) is 6.33. The summed E-state index contributed by atoms with van der Waals surface area (Å²) < 4.78 is 25.4. The first-order valence-corrected chi connectivity index (χ1v) is 14.8. The molecular formula is C32H42FN3O4. The van der Waals surface area contributed by atoms with Crippen molar-refractivity contribution >= 4 is 11.8 Å². The van der Waals surface area contributed by atoms with E-state index in [4.69, 9.17) is 9.47 Å². The predicted molar refractivity (Wildman–Crippen MR) is 152 cm³/mol. The number of carbonyl (C=O) groups excluding carboxylic acids is 2. The Labute approximate surface area is 237 Å². The fourth-order valence-electron chi connectivity index (χ4n) is 6.40. The standard InChI is InChI=1S/C32H42FN3O4/c1-3-29(32(38)35-18-16-34(17-19-35)20-21-39-2)40-27-13-10-23-14-15-36(31(37)25-6-4-5-7-25)30(28(23)22-27)24-8-11-26(33)12-9-24/h8-13,22,25,29-30H,3-7,14-21H2,1-2H3/t29-,30-/m1/s1. The Morgan fingerprint density at radius 2 is 1.73 bits per heavy atom. The molecule has 2 aliphatic heterocycles. The largest absolute Gasteiger partial charge is 0.481 e. The molecule has 1 saturated carbocycles. The highest BCUT2D eigenvalue weighted by atomic mass is 19.1. The predicted octanol–water partition coefficient (Wildman–Crippen LogP) is 4.44. The van der Waals surface area contributed by atoms with Crippen LogP contribution in [0, 0.1) is 11.7 Å². The molecule has 2 amide bonds. The SMILES string of the molecule is CC[C@@H](Oc1ccc2c(c1)[C@@H](c1ccc(F)cc1)N(C(=O)C1CCCC1)CC2)C(=O)N1CCN(CCOC)CC1. The van der Waals surface area contributed by atoms with Gasteiger partial charge in [-0.05, 0) is 66.6 Å². The molecule has 0 unspecified atom stereocenters. The molecule has 216 valence electrons. The van der Waals surface area contributed by atoms with E-state index >= 15 is 0 Å². The van der Waals surface area contributed by atoms with Gasteiger partial charge < -0.3 is 19.3 Å². The van der Waals surface area contributed by atoms with Crippen molar-refractivity contribution < 1.29 is 23.5 Å². The van der Waals surface area contributed by atoms with Gasteiger partial charge in [0.05, 0.1) is 12.6 Å². The third-order valence-electron chi connectivity index (χ3n) is 8.74. The van der Waals surface area contributed by atoms with Crippen molar-refractivity contribution in [3.05, 3.63) is 65.0 Å². The van der Waals surface area contributed by atoms with Gasteiger partial charge in [-0.25, -0.2) is 4.39 Å². The lowest BCUT2D eigenvalue weighted by molar-refractivity contribution is -0.140. The van der Waals surface area contributed by atoms with Crippen LogP contribution in [0.25, 0.3) is 0 Å². The smallest absolute Gasteiger partial charge is 0.263 e. The maximum atomic E-state index is 13.9. The van der Waals surface area contributed by atoms with Crippen LogP contribution < -0.4 is 4.74 Å². The number of carbonyl (C=O) groups is 2. The first kappa shape index (κ1) is 28.6. The number of methoxy groups -OCH3 is 1. The van der Waals surface area contributed by atoms with E-state index in [0.29, 0.717) is 38.4 Å². The van der Waals surface area contributed by atoms with E-state index in [9.17, 15) is 14.0 Å². The summed E-state index contributed by atoms with van der Waals surface area (Å²) in [5.41, 5.74) is 3.04. The molecule has 0 radical (unpaired) electrons. The number of hydrogen-bond donors (Lipinski definition) is 0. The summed E-state index contributed by atoms with van der Waals surface area (Å²) in [4.78, 5) is 33.3. The van der Waals surface area contributed by atoms with Gasteiger partial charge >= 0.3 is 0 Å². The van der Waals surface area contributed by atoms with Gasteiger partial charge in [-0.1, -0.05) is 38.0 Å². The lowest BCUT2D eigenvalue weighted by atomic mass is 9.87. The lowest BCUT2D eigenvalue weighted by Crippen LogP contribution is -2.52. The van der Waals surface area contributed by atoms with Gasteiger partial charge in [0, 0.05) is 52.3 Å². The number of halogens is 1. The molecule has 2 atom stereocenters. The first-order valence-electron chi connectivity index (χ1n) is 14.8. The maximum absolute atomic E-state index is 13.9. The molecule has 8 heteroatoms. The Hall–Kier alpha value is -2.97. The normalized spacial score (nSPS) is 20.8. The summed E-state index contributed by atoms with van der Waals surface area (Å²) in [7, 11) is 1.70. The van der Waals surface area contributed by atoms with E-state index in [2.05, 4.69) is 11.0 Å². The Morgan fingerprint density at radius 1 is 1.00 bits per heavy atom. The number of piperazine rings is 1. The number of benzene rings is 2. The Bertz CT molecular complexity index is 1160. The molecular weight excluding hydrogens is 509 g/mol. The van der Waals surface area contributed by atoms with E-state index in [1.807, 2.05) is 28.9 Å². The summed E-state index contributed by atoms with van der Waals surface area (Å²) in [6, 6.07) is 12.2. The molecule has 2 heterocycles. The summed E-state index contributed by atoms with van der Waals surface area (Å²) in [5.74, 6) is 0.588. The molecule has 5 rings (SSSR count). The minimum atomic E-state index is -0.576. The van der Waals surface area contributed by atoms with Crippen molar-refractivity contribution in [2.45, 2.75) is 57.6 Å². The van der Waals surface area contributed by atoms with Crippen LogP contribution in [0.15, 0.2) is 42.5 Å². The number of amides is 2. The summed E-state index contributed by atoms with van der Waals surface area (Å²) in [5, 5.41) is 0. The highest BCUT2D eigenvalue weighted by Gasteiger charge is 2.37. The average Bonchev–Trinajstić information content (AvgIpc) is 3.53. The van der Waals surface area contributed by atoms with E-state index in [1.165, 1.54) is 12.1 Å². The van der Waals surface area contributed by atoms with Gasteiger partial charge in [0.1, 0.15) is 11.6 Å². The number of ether oxygens (including phenoxy) is 2. The van der Waals surface area contributed by atoms with Crippen LogP contribution >= 0.6 is 0 Å². The van der Waals surface area contributed by atoms with Gasteiger partial charge in [-0.3, -0.25) is 14.5 Å². The summed E-state index contributed by atoms with van der Waals surface area (Å²) in [6.07, 6.45) is 4.80. The highest BCUT2D eigenvalue weighted by Crippen LogP contribution is 2.40. The van der Waals surface area contributed by atoms with Crippen molar-refractivity contribution in [1.82, 2.24) is 14.7 Å². The van der Waals surface area contributed by atoms with E-state index < -0.39 is 6.10 Å². The fourth-order valence-corrected chi connectivity index (χ4v) is 6.40. The third-order valence-corrected chi connectivity index (χ3v) is 8.74. The second-order valence-corrected chi connectivity index (χ2v) is 11.3. The average molecular weight is 552 g/mol. The van der Waals surface area contributed by atoms with Crippen LogP contribution in [0.1, 0.15) is 61.8 Å². The number of fused-ring (bicyclic) bond motifs is 1. The summed E-state index contributed by atoms with van der Waals surface area (Å²) >= 11 is 0. The van der Waals surface area contributed by atoms with Crippen LogP contribution in [0.4, 0.5) is 4.39 Å². The fraction of sp³-hybridized carbons (Fsp3) is 0.562. The lowest BCUT2D eigenvalue weighted by Gasteiger charge is -2.39. The van der Waals surface area contributed by atoms with Crippen molar-refractivity contribution in [3.8, 4) is 5.75 Å². The molecule has 0 N–H and O–H groups in total. The highest BCUT2D eigenvalue weighted by molar-refractivity contribution is 5.82. The molecule has 1 saturated heterocycles. The molecule has 2 aromatic carbocycles. The minimum Gasteiger partial charge on any atom is -0.481 e. The Morgan fingerprint density at radius 3 is 2.40 bits per heavy atom. The van der Waals surface area contributed by atoms with Gasteiger partial charge in [0.2, 0.25) is 5.91 Å². The zero-order valence-corrected chi connectivity index (χ0v) is 23.8. The second kappa shape index (κ2) is 13.1. The molecule has 40 heavy (non-hydrogen) atoms. The van der Waals surface area contributed by atoms with Crippen LogP contribution in [-0.2, 0) is 20.7 Å². The van der Waals surface area contributed by atoms with Gasteiger partial charge in [0.25, 0.3) is 5.91 Å². The zero-order chi connectivity index (χ0) is 28.1. The van der Waals surface area contributed by atoms with Gasteiger partial charge in [-0.15, -0.1) is 0 Å². The van der Waals surface area contributed by atoms with Crippen LogP contribution in [0.3, 0.4) is 0 Å². The topological polar surface area (TPSA) is 62.3 Å². The van der Waals surface area contributed by atoms with E-state index in [0.717, 1.165) is 68.4 Å². The first-order chi connectivity index (χ1) is 19.5. The molecule has 0 spiro atoms. The van der Waals surface area contributed by atoms with Gasteiger partial charge in [0.15, 0.2) is 6.10 Å². The summed E-state index contributed by atoms with van der Waals surface area (Å²) in [6.45, 7) is 7.18. The maximum Gasteiger partial charge on any atom is 0.263 e. The zero-order valence-electron chi connectivity index (χ0n) is 23.8. The molecule has 0 bridgehead atoms. The molecule has 0 aromatic heterocycles. The van der Waals surface area contributed by atoms with Crippen LogP contribution in [0.5, 0.6) is 5.75 Å². The monoisotopic (exact) mass is 551 g/mol. The number of rotatable bonds is 9. The molecule has 2 fully saturated rings. The molecule has 3 aliphatic rings. The van der Waals surface area contributed by atoms with Crippen LogP contribution in [0.2, 0.25) is 0 Å². The van der Waals surface area contributed by atoms with E-state index in [-0.39, 0.29) is 29.6 Å². The Kier molecular flexibility index (Phi) is 9.37. The minimum absolute atomic E-state index is 0.0136. The molecule has 2 aromatic rings. The number of hydrogen-bond acceptors (Lipinski definition) is 5. The van der Waals surface area contributed by atoms with Crippen LogP contribution in [-0.4, -0.2) is 85.6 Å². The van der Waals surface area contributed by atoms with Crippen molar-refractivity contribution in [2.75, 3.05) is 53.0 Å². The Balaban J connectivity index is 1.36. The second-order valence-electron chi connectivity index (χ2n) is 11.3. The quantitative estimate of drug-likeness (QED) is 0.461.